The minimum absolute atomic E-state index is 0.0787. The van der Waals surface area contributed by atoms with Crippen molar-refractivity contribution in [2.75, 3.05) is 11.9 Å². The normalized spacial score (nSPS) is 9.85. The van der Waals surface area contributed by atoms with E-state index < -0.39 is 0 Å². The molecule has 0 aliphatic heterocycles. The quantitative estimate of drug-likeness (QED) is 0.894. The second-order valence-corrected chi connectivity index (χ2v) is 4.82. The second kappa shape index (κ2) is 6.63. The minimum Gasteiger partial charge on any atom is -0.479 e. The standard InChI is InChI=1S/C17H18N2O/c1-13-9-14(2)11-15(10-13)12-19-16-3-5-17(6-4-16)20-8-7-18/h3-6,9-11,19H,8,12H2,1-2H3. The largest absolute Gasteiger partial charge is 0.479 e. The van der Waals surface area contributed by atoms with E-state index in [1.165, 1.54) is 16.7 Å². The zero-order valence-electron chi connectivity index (χ0n) is 11.8. The van der Waals surface area contributed by atoms with Gasteiger partial charge in [-0.15, -0.1) is 0 Å². The van der Waals surface area contributed by atoms with Gasteiger partial charge in [0.2, 0.25) is 0 Å². The van der Waals surface area contributed by atoms with Crippen molar-refractivity contribution in [1.29, 1.82) is 5.26 Å². The van der Waals surface area contributed by atoms with Crippen LogP contribution in [0.3, 0.4) is 0 Å². The first-order chi connectivity index (χ1) is 9.67. The van der Waals surface area contributed by atoms with Crippen LogP contribution in [0.25, 0.3) is 0 Å². The lowest BCUT2D eigenvalue weighted by Crippen LogP contribution is -2.00. The predicted octanol–water partition coefficient (Wildman–Crippen LogP) is 3.82. The SMILES string of the molecule is Cc1cc(C)cc(CNc2ccc(OCC#N)cc2)c1. The molecule has 0 aliphatic rings. The summed E-state index contributed by atoms with van der Waals surface area (Å²) in [5.74, 6) is 0.712. The zero-order chi connectivity index (χ0) is 14.4. The number of nitrogens with zero attached hydrogens (tertiary/aromatic N) is 1. The molecule has 0 saturated carbocycles. The average Bonchev–Trinajstić information content (AvgIpc) is 2.43. The first-order valence-corrected chi connectivity index (χ1v) is 6.58. The molecule has 0 heterocycles. The van der Waals surface area contributed by atoms with Gasteiger partial charge in [0, 0.05) is 12.2 Å². The lowest BCUT2D eigenvalue weighted by Gasteiger charge is -2.09. The summed E-state index contributed by atoms with van der Waals surface area (Å²) in [6.07, 6.45) is 0. The van der Waals surface area contributed by atoms with Crippen LogP contribution in [0.5, 0.6) is 5.75 Å². The maximum atomic E-state index is 8.45. The number of hydrogen-bond donors (Lipinski definition) is 1. The molecule has 0 aromatic heterocycles. The molecule has 2 aromatic rings. The lowest BCUT2D eigenvalue weighted by atomic mass is 10.1. The molecule has 3 nitrogen and oxygen atoms in total. The first kappa shape index (κ1) is 14.0. The summed E-state index contributed by atoms with van der Waals surface area (Å²) in [6, 6.07) is 16.1. The molecule has 1 N–H and O–H groups in total. The average molecular weight is 266 g/mol. The molecule has 0 unspecified atom stereocenters. The Morgan fingerprint density at radius 1 is 1.05 bits per heavy atom. The van der Waals surface area contributed by atoms with Gasteiger partial charge in [-0.2, -0.15) is 5.26 Å². The first-order valence-electron chi connectivity index (χ1n) is 6.58. The van der Waals surface area contributed by atoms with Crippen molar-refractivity contribution in [1.82, 2.24) is 0 Å². The summed E-state index contributed by atoms with van der Waals surface area (Å²) >= 11 is 0. The van der Waals surface area contributed by atoms with Crippen molar-refractivity contribution < 1.29 is 4.74 Å². The van der Waals surface area contributed by atoms with Crippen molar-refractivity contribution in [3.8, 4) is 11.8 Å². The predicted molar refractivity (Wildman–Crippen MR) is 80.8 cm³/mol. The molecule has 2 rings (SSSR count). The highest BCUT2D eigenvalue weighted by Gasteiger charge is 1.98. The van der Waals surface area contributed by atoms with E-state index in [2.05, 4.69) is 37.4 Å². The second-order valence-electron chi connectivity index (χ2n) is 4.82. The third kappa shape index (κ3) is 4.03. The fraction of sp³-hybridized carbons (Fsp3) is 0.235. The van der Waals surface area contributed by atoms with Gasteiger partial charge in [-0.1, -0.05) is 29.3 Å². The minimum atomic E-state index is 0.0787. The van der Waals surface area contributed by atoms with Crippen LogP contribution in [0.4, 0.5) is 5.69 Å². The van der Waals surface area contributed by atoms with Gasteiger partial charge in [0.05, 0.1) is 0 Å². The number of ether oxygens (including phenoxy) is 1. The van der Waals surface area contributed by atoms with Crippen LogP contribution < -0.4 is 10.1 Å². The number of nitrogens with one attached hydrogen (secondary N) is 1. The third-order valence-corrected chi connectivity index (χ3v) is 2.94. The van der Waals surface area contributed by atoms with Gasteiger partial charge in [-0.25, -0.2) is 0 Å². The van der Waals surface area contributed by atoms with Crippen LogP contribution in [0.2, 0.25) is 0 Å². The van der Waals surface area contributed by atoms with E-state index >= 15 is 0 Å². The smallest absolute Gasteiger partial charge is 0.174 e. The number of benzene rings is 2. The third-order valence-electron chi connectivity index (χ3n) is 2.94. The fourth-order valence-corrected chi connectivity index (χ4v) is 2.16. The Kier molecular flexibility index (Phi) is 4.62. The maximum absolute atomic E-state index is 8.45. The van der Waals surface area contributed by atoms with Crippen molar-refractivity contribution in [2.24, 2.45) is 0 Å². The number of anilines is 1. The Labute approximate surface area is 119 Å². The van der Waals surface area contributed by atoms with E-state index in [-0.39, 0.29) is 6.61 Å². The molecule has 0 saturated heterocycles. The van der Waals surface area contributed by atoms with Gasteiger partial charge in [0.1, 0.15) is 11.8 Å². The van der Waals surface area contributed by atoms with Crippen molar-refractivity contribution in [2.45, 2.75) is 20.4 Å². The van der Waals surface area contributed by atoms with E-state index in [9.17, 15) is 0 Å². The van der Waals surface area contributed by atoms with Crippen molar-refractivity contribution in [3.63, 3.8) is 0 Å². The number of nitriles is 1. The van der Waals surface area contributed by atoms with Gasteiger partial charge < -0.3 is 10.1 Å². The summed E-state index contributed by atoms with van der Waals surface area (Å²) in [5.41, 5.74) is 4.87. The molecule has 0 bridgehead atoms. The van der Waals surface area contributed by atoms with Gasteiger partial charge in [0.15, 0.2) is 6.61 Å². The summed E-state index contributed by atoms with van der Waals surface area (Å²) in [4.78, 5) is 0. The van der Waals surface area contributed by atoms with Crippen LogP contribution in [0.1, 0.15) is 16.7 Å². The highest BCUT2D eigenvalue weighted by molar-refractivity contribution is 5.47. The van der Waals surface area contributed by atoms with Crippen LogP contribution >= 0.6 is 0 Å². The van der Waals surface area contributed by atoms with E-state index in [1.807, 2.05) is 30.3 Å². The van der Waals surface area contributed by atoms with Crippen molar-refractivity contribution in [3.05, 3.63) is 59.2 Å². The molecule has 102 valence electrons. The van der Waals surface area contributed by atoms with Gasteiger partial charge in [0.25, 0.3) is 0 Å². The topological polar surface area (TPSA) is 45.0 Å². The highest BCUT2D eigenvalue weighted by Crippen LogP contribution is 2.17. The van der Waals surface area contributed by atoms with E-state index in [0.717, 1.165) is 12.2 Å². The molecule has 0 amide bonds. The summed E-state index contributed by atoms with van der Waals surface area (Å²) in [5, 5.41) is 11.8. The molecular formula is C17H18N2O. The number of aryl methyl sites for hydroxylation is 2. The van der Waals surface area contributed by atoms with Crippen LogP contribution in [-0.2, 0) is 6.54 Å². The Morgan fingerprint density at radius 2 is 1.70 bits per heavy atom. The van der Waals surface area contributed by atoms with E-state index in [1.54, 1.807) is 0 Å². The van der Waals surface area contributed by atoms with Crippen molar-refractivity contribution >= 4 is 5.69 Å². The zero-order valence-corrected chi connectivity index (χ0v) is 11.8. The highest BCUT2D eigenvalue weighted by atomic mass is 16.5. The Balaban J connectivity index is 1.95. The van der Waals surface area contributed by atoms with Crippen LogP contribution in [-0.4, -0.2) is 6.61 Å². The monoisotopic (exact) mass is 266 g/mol. The maximum Gasteiger partial charge on any atom is 0.174 e. The molecule has 3 heteroatoms. The molecule has 0 fully saturated rings. The fourth-order valence-electron chi connectivity index (χ4n) is 2.16. The Morgan fingerprint density at radius 3 is 2.30 bits per heavy atom. The molecule has 2 aromatic carbocycles. The molecular weight excluding hydrogens is 248 g/mol. The summed E-state index contributed by atoms with van der Waals surface area (Å²) in [7, 11) is 0. The molecule has 0 aliphatic carbocycles. The Bertz CT molecular complexity index is 592. The molecule has 20 heavy (non-hydrogen) atoms. The van der Waals surface area contributed by atoms with Crippen LogP contribution in [0, 0.1) is 25.2 Å². The number of rotatable bonds is 5. The summed E-state index contributed by atoms with van der Waals surface area (Å²) < 4.78 is 5.22. The Hall–Kier alpha value is -2.47. The molecule has 0 atom stereocenters. The van der Waals surface area contributed by atoms with E-state index in [0.29, 0.717) is 5.75 Å². The lowest BCUT2D eigenvalue weighted by molar-refractivity contribution is 0.368. The van der Waals surface area contributed by atoms with Gasteiger partial charge in [-0.05, 0) is 43.7 Å². The summed E-state index contributed by atoms with van der Waals surface area (Å²) in [6.45, 7) is 5.09. The van der Waals surface area contributed by atoms with E-state index in [4.69, 9.17) is 10.00 Å². The van der Waals surface area contributed by atoms with Gasteiger partial charge in [-0.3, -0.25) is 0 Å². The molecule has 0 spiro atoms. The van der Waals surface area contributed by atoms with Crippen LogP contribution in [0.15, 0.2) is 42.5 Å². The molecule has 0 radical (unpaired) electrons. The van der Waals surface area contributed by atoms with Gasteiger partial charge >= 0.3 is 0 Å². The number of hydrogen-bond acceptors (Lipinski definition) is 3.